The number of rotatable bonds is 7. The zero-order valence-electron chi connectivity index (χ0n) is 17.1. The van der Waals surface area contributed by atoms with Crippen molar-refractivity contribution >= 4 is 31.8 Å². The maximum atomic E-state index is 13.2. The molecule has 0 fully saturated rings. The Hall–Kier alpha value is -2.85. The van der Waals surface area contributed by atoms with E-state index in [2.05, 4.69) is 0 Å². The molecule has 0 saturated carbocycles. The van der Waals surface area contributed by atoms with Gasteiger partial charge in [0, 0.05) is 0 Å². The summed E-state index contributed by atoms with van der Waals surface area (Å²) < 4.78 is 129. The second-order valence-electron chi connectivity index (χ2n) is 6.60. The van der Waals surface area contributed by atoms with E-state index < -0.39 is 71.9 Å². The minimum absolute atomic E-state index is 0.239. The van der Waals surface area contributed by atoms with Gasteiger partial charge in [-0.1, -0.05) is 24.3 Å². The summed E-state index contributed by atoms with van der Waals surface area (Å²) >= 11 is 0. The molecule has 34 heavy (non-hydrogen) atoms. The fourth-order valence-electron chi connectivity index (χ4n) is 2.55. The molecule has 2 amide bonds. The molecule has 16 heteroatoms. The Morgan fingerprint density at radius 3 is 2.00 bits per heavy atom. The van der Waals surface area contributed by atoms with Crippen LogP contribution in [0.25, 0.3) is 0 Å². The summed E-state index contributed by atoms with van der Waals surface area (Å²) in [6.07, 6.45) is -10.2. The van der Waals surface area contributed by atoms with E-state index in [9.17, 15) is 48.0 Å². The number of benzene rings is 2. The highest BCUT2D eigenvalue weighted by atomic mass is 32.2. The lowest BCUT2D eigenvalue weighted by Crippen LogP contribution is -2.56. The Kier molecular flexibility index (Phi) is 7.89. The summed E-state index contributed by atoms with van der Waals surface area (Å²) in [4.78, 5) is 13.8. The molecule has 0 heterocycles. The van der Waals surface area contributed by atoms with Crippen LogP contribution in [0.5, 0.6) is 0 Å². The summed E-state index contributed by atoms with van der Waals surface area (Å²) in [7, 11) is -9.65. The number of alkyl halides is 6. The average Bonchev–Trinajstić information content (AvgIpc) is 2.72. The monoisotopic (exact) mass is 533 g/mol. The highest BCUT2D eigenvalue weighted by Crippen LogP contribution is 2.33. The number of hydrazine groups is 1. The molecule has 0 aliphatic carbocycles. The maximum absolute atomic E-state index is 13.2. The van der Waals surface area contributed by atoms with Gasteiger partial charge in [0.25, 0.3) is 10.0 Å². The van der Waals surface area contributed by atoms with Gasteiger partial charge < -0.3 is 0 Å². The molecule has 1 N–H and O–H groups in total. The van der Waals surface area contributed by atoms with Crippen molar-refractivity contribution in [2.45, 2.75) is 24.2 Å². The molecule has 0 aliphatic rings. The molecular weight excluding hydrogens is 516 g/mol. The number of urea groups is 1. The van der Waals surface area contributed by atoms with Gasteiger partial charge in [0.2, 0.25) is 10.0 Å². The zero-order chi connectivity index (χ0) is 25.9. The minimum Gasteiger partial charge on any atom is -0.245 e. The Balaban J connectivity index is 2.62. The van der Waals surface area contributed by atoms with Gasteiger partial charge in [-0.05, 0) is 37.3 Å². The SMILES string of the molecule is CCS(=O)(=O)N(C(=O)N(CC(F)(F)F)NS(=O)(=O)c1ccccc1)c1cccc(C(F)(F)F)c1. The molecule has 2 rings (SSSR count). The summed E-state index contributed by atoms with van der Waals surface area (Å²) in [5, 5.41) is -0.546. The lowest BCUT2D eigenvalue weighted by molar-refractivity contribution is -0.142. The molecule has 0 atom stereocenters. The van der Waals surface area contributed by atoms with Gasteiger partial charge in [0.1, 0.15) is 6.54 Å². The first-order valence-corrected chi connectivity index (χ1v) is 12.2. The van der Waals surface area contributed by atoms with Gasteiger partial charge in [-0.3, -0.25) is 0 Å². The summed E-state index contributed by atoms with van der Waals surface area (Å²) in [6.45, 7) is -1.29. The number of hydrogen-bond acceptors (Lipinski definition) is 5. The molecule has 0 aliphatic heterocycles. The molecule has 188 valence electrons. The number of amides is 2. The number of halogens is 6. The van der Waals surface area contributed by atoms with Crippen LogP contribution in [0.3, 0.4) is 0 Å². The van der Waals surface area contributed by atoms with Crippen molar-refractivity contribution in [2.24, 2.45) is 0 Å². The van der Waals surface area contributed by atoms with E-state index in [1.54, 1.807) is 0 Å². The van der Waals surface area contributed by atoms with Crippen LogP contribution in [0.15, 0.2) is 59.5 Å². The van der Waals surface area contributed by atoms with Crippen LogP contribution in [-0.2, 0) is 26.2 Å². The van der Waals surface area contributed by atoms with Crippen molar-refractivity contribution in [3.8, 4) is 0 Å². The first-order valence-electron chi connectivity index (χ1n) is 9.14. The molecule has 2 aromatic carbocycles. The largest absolute Gasteiger partial charge is 0.416 e. The fraction of sp³-hybridized carbons (Fsp3) is 0.278. The number of hydrogen-bond donors (Lipinski definition) is 1. The topological polar surface area (TPSA) is 104 Å². The molecule has 0 aromatic heterocycles. The van der Waals surface area contributed by atoms with E-state index in [0.29, 0.717) is 6.07 Å². The minimum atomic E-state index is -5.22. The number of carbonyl (C=O) groups excluding carboxylic acids is 1. The fourth-order valence-corrected chi connectivity index (χ4v) is 4.64. The van der Waals surface area contributed by atoms with E-state index in [4.69, 9.17) is 0 Å². The van der Waals surface area contributed by atoms with Crippen molar-refractivity contribution in [2.75, 3.05) is 16.6 Å². The highest BCUT2D eigenvalue weighted by Gasteiger charge is 2.41. The number of sulfonamides is 2. The van der Waals surface area contributed by atoms with E-state index in [0.717, 1.165) is 31.2 Å². The van der Waals surface area contributed by atoms with Gasteiger partial charge >= 0.3 is 18.4 Å². The summed E-state index contributed by atoms with van der Waals surface area (Å²) in [5.74, 6) is -0.903. The molecule has 0 radical (unpaired) electrons. The van der Waals surface area contributed by atoms with Gasteiger partial charge in [0.05, 0.1) is 21.9 Å². The van der Waals surface area contributed by atoms with Crippen LogP contribution in [0.1, 0.15) is 12.5 Å². The van der Waals surface area contributed by atoms with Crippen molar-refractivity contribution < 1.29 is 48.0 Å². The highest BCUT2D eigenvalue weighted by molar-refractivity contribution is 7.93. The van der Waals surface area contributed by atoms with Gasteiger partial charge in [-0.25, -0.2) is 26.6 Å². The summed E-state index contributed by atoms with van der Waals surface area (Å²) in [6, 6.07) is 6.06. The Morgan fingerprint density at radius 2 is 1.50 bits per heavy atom. The van der Waals surface area contributed by atoms with Crippen LogP contribution in [0.4, 0.5) is 36.8 Å². The second-order valence-corrected chi connectivity index (χ2v) is 10.4. The van der Waals surface area contributed by atoms with E-state index in [1.165, 1.54) is 23.0 Å². The molecule has 0 saturated heterocycles. The van der Waals surface area contributed by atoms with Crippen molar-refractivity contribution in [1.29, 1.82) is 0 Å². The zero-order valence-corrected chi connectivity index (χ0v) is 18.8. The molecule has 0 spiro atoms. The second kappa shape index (κ2) is 9.79. The van der Waals surface area contributed by atoms with Crippen molar-refractivity contribution in [1.82, 2.24) is 9.84 Å². The van der Waals surface area contributed by atoms with E-state index in [-0.39, 0.29) is 10.4 Å². The number of nitrogens with one attached hydrogen (secondary N) is 1. The lowest BCUT2D eigenvalue weighted by Gasteiger charge is -2.30. The third-order valence-electron chi connectivity index (χ3n) is 4.08. The predicted octanol–water partition coefficient (Wildman–Crippen LogP) is 3.74. The molecule has 0 bridgehead atoms. The van der Waals surface area contributed by atoms with Crippen LogP contribution >= 0.6 is 0 Å². The number of nitrogens with zero attached hydrogens (tertiary/aromatic N) is 2. The van der Waals surface area contributed by atoms with E-state index in [1.807, 2.05) is 0 Å². The first kappa shape index (κ1) is 27.4. The van der Waals surface area contributed by atoms with Gasteiger partial charge in [0.15, 0.2) is 0 Å². The van der Waals surface area contributed by atoms with Crippen molar-refractivity contribution in [3.05, 3.63) is 60.2 Å². The molecular formula is C18H17F6N3O5S2. The third kappa shape index (κ3) is 6.83. The predicted molar refractivity (Wildman–Crippen MR) is 108 cm³/mol. The number of anilines is 1. The summed E-state index contributed by atoms with van der Waals surface area (Å²) in [5.41, 5.74) is -2.32. The third-order valence-corrected chi connectivity index (χ3v) is 7.08. The quantitative estimate of drug-likeness (QED) is 0.432. The Labute approximate surface area is 190 Å². The normalized spacial score (nSPS) is 12.9. The van der Waals surface area contributed by atoms with Crippen molar-refractivity contribution in [3.63, 3.8) is 0 Å². The van der Waals surface area contributed by atoms with E-state index >= 15 is 0 Å². The Bertz CT molecular complexity index is 1230. The van der Waals surface area contributed by atoms with Crippen LogP contribution < -0.4 is 9.14 Å². The smallest absolute Gasteiger partial charge is 0.245 e. The maximum Gasteiger partial charge on any atom is 0.416 e. The standard InChI is InChI=1S/C18H17F6N3O5S2/c1-2-33(29,30)27(14-8-6-7-13(11-14)18(22,23)24)16(28)26(12-17(19,20)21)25-34(31,32)15-9-4-3-5-10-15/h3-11,25H,2,12H2,1H3. The first-order chi connectivity index (χ1) is 15.5. The van der Waals surface area contributed by atoms with Crippen LogP contribution in [0, 0.1) is 0 Å². The van der Waals surface area contributed by atoms with Gasteiger partial charge in [-0.2, -0.15) is 30.6 Å². The van der Waals surface area contributed by atoms with Crippen LogP contribution in [-0.4, -0.2) is 46.3 Å². The average molecular weight is 533 g/mol. The molecule has 2 aromatic rings. The Morgan fingerprint density at radius 1 is 0.912 bits per heavy atom. The molecule has 0 unspecified atom stereocenters. The van der Waals surface area contributed by atoms with Crippen LogP contribution in [0.2, 0.25) is 0 Å². The van der Waals surface area contributed by atoms with Gasteiger partial charge in [-0.15, -0.1) is 4.83 Å². The number of carbonyl (C=O) groups is 1. The molecule has 8 nitrogen and oxygen atoms in total. The lowest BCUT2D eigenvalue weighted by atomic mass is 10.2.